The normalized spacial score (nSPS) is 19.8. The van der Waals surface area contributed by atoms with Crippen LogP contribution in [0.3, 0.4) is 0 Å². The van der Waals surface area contributed by atoms with Gasteiger partial charge < -0.3 is 10.5 Å². The molecule has 0 spiro atoms. The van der Waals surface area contributed by atoms with Crippen LogP contribution >= 0.6 is 0 Å². The highest BCUT2D eigenvalue weighted by Gasteiger charge is 2.18. The summed E-state index contributed by atoms with van der Waals surface area (Å²) >= 11 is 0. The van der Waals surface area contributed by atoms with Crippen LogP contribution in [0.25, 0.3) is 10.8 Å². The van der Waals surface area contributed by atoms with Crippen LogP contribution in [0.2, 0.25) is 0 Å². The number of nitrogens with two attached hydrogens (primary N) is 1. The third kappa shape index (κ3) is 3.36. The van der Waals surface area contributed by atoms with Crippen molar-refractivity contribution in [2.45, 2.75) is 19.4 Å². The summed E-state index contributed by atoms with van der Waals surface area (Å²) in [7, 11) is 1.71. The molecule has 21 heavy (non-hydrogen) atoms. The highest BCUT2D eigenvalue weighted by Crippen LogP contribution is 2.23. The van der Waals surface area contributed by atoms with Crippen molar-refractivity contribution in [3.05, 3.63) is 42.0 Å². The third-order valence-corrected chi connectivity index (χ3v) is 4.45. The van der Waals surface area contributed by atoms with Crippen molar-refractivity contribution < 1.29 is 4.74 Å². The molecule has 3 nitrogen and oxygen atoms in total. The van der Waals surface area contributed by atoms with Crippen LogP contribution in [-0.4, -0.2) is 31.6 Å². The molecule has 1 unspecified atom stereocenters. The van der Waals surface area contributed by atoms with Gasteiger partial charge in [0.1, 0.15) is 5.75 Å². The predicted octanol–water partition coefficient (Wildman–Crippen LogP) is 3.02. The number of fused-ring (bicyclic) bond motifs is 1. The molecule has 0 aliphatic carbocycles. The Morgan fingerprint density at radius 2 is 2.00 bits per heavy atom. The van der Waals surface area contributed by atoms with Crippen molar-refractivity contribution in [2.75, 3.05) is 26.7 Å². The highest BCUT2D eigenvalue weighted by atomic mass is 16.5. The molecule has 1 aliphatic heterocycles. The minimum atomic E-state index is 0.670. The third-order valence-electron chi connectivity index (χ3n) is 4.45. The summed E-state index contributed by atoms with van der Waals surface area (Å²) < 4.78 is 5.28. The number of nitrogens with zero attached hydrogens (tertiary/aromatic N) is 1. The Balaban J connectivity index is 1.75. The Kier molecular flexibility index (Phi) is 4.42. The number of methoxy groups -OCH3 is 1. The minimum absolute atomic E-state index is 0.670. The van der Waals surface area contributed by atoms with Crippen LogP contribution in [0, 0.1) is 5.92 Å². The van der Waals surface area contributed by atoms with Crippen molar-refractivity contribution in [3.63, 3.8) is 0 Å². The van der Waals surface area contributed by atoms with Gasteiger partial charge >= 0.3 is 0 Å². The van der Waals surface area contributed by atoms with E-state index in [-0.39, 0.29) is 0 Å². The molecule has 0 radical (unpaired) electrons. The van der Waals surface area contributed by atoms with E-state index in [1.807, 2.05) is 6.07 Å². The van der Waals surface area contributed by atoms with Crippen LogP contribution in [0.5, 0.6) is 5.75 Å². The maximum atomic E-state index is 5.82. The van der Waals surface area contributed by atoms with Crippen LogP contribution in [0.1, 0.15) is 18.4 Å². The average Bonchev–Trinajstić information content (AvgIpc) is 2.54. The first kappa shape index (κ1) is 14.4. The average molecular weight is 284 g/mol. The summed E-state index contributed by atoms with van der Waals surface area (Å²) in [5.74, 6) is 1.58. The number of benzene rings is 2. The van der Waals surface area contributed by atoms with E-state index in [9.17, 15) is 0 Å². The first-order chi connectivity index (χ1) is 10.3. The molecule has 2 aromatic rings. The number of rotatable bonds is 4. The summed E-state index contributed by atoms with van der Waals surface area (Å²) in [6.45, 7) is 4.17. The summed E-state index contributed by atoms with van der Waals surface area (Å²) in [6.07, 6.45) is 2.55. The van der Waals surface area contributed by atoms with Gasteiger partial charge in [-0.3, -0.25) is 4.90 Å². The smallest absolute Gasteiger partial charge is 0.119 e. The maximum Gasteiger partial charge on any atom is 0.119 e. The van der Waals surface area contributed by atoms with Gasteiger partial charge in [-0.2, -0.15) is 0 Å². The van der Waals surface area contributed by atoms with Crippen molar-refractivity contribution in [3.8, 4) is 5.75 Å². The Morgan fingerprint density at radius 3 is 2.81 bits per heavy atom. The van der Waals surface area contributed by atoms with Gasteiger partial charge in [-0.05, 0) is 66.4 Å². The topological polar surface area (TPSA) is 38.5 Å². The van der Waals surface area contributed by atoms with Crippen LogP contribution in [0.15, 0.2) is 36.4 Å². The molecule has 1 fully saturated rings. The molecule has 1 saturated heterocycles. The second-order valence-electron chi connectivity index (χ2n) is 6.03. The Morgan fingerprint density at radius 1 is 1.19 bits per heavy atom. The Labute approximate surface area is 126 Å². The van der Waals surface area contributed by atoms with Gasteiger partial charge in [0.25, 0.3) is 0 Å². The quantitative estimate of drug-likeness (QED) is 0.938. The molecule has 0 bridgehead atoms. The van der Waals surface area contributed by atoms with E-state index < -0.39 is 0 Å². The lowest BCUT2D eigenvalue weighted by Gasteiger charge is -2.32. The summed E-state index contributed by atoms with van der Waals surface area (Å²) in [6, 6.07) is 13.0. The molecule has 112 valence electrons. The zero-order valence-electron chi connectivity index (χ0n) is 12.7. The second-order valence-corrected chi connectivity index (χ2v) is 6.03. The second kappa shape index (κ2) is 6.46. The van der Waals surface area contributed by atoms with Gasteiger partial charge in [-0.15, -0.1) is 0 Å². The van der Waals surface area contributed by atoms with Crippen LogP contribution in [0.4, 0.5) is 0 Å². The minimum Gasteiger partial charge on any atom is -0.497 e. The Hall–Kier alpha value is -1.58. The number of likely N-dealkylation sites (tertiary alicyclic amines) is 1. The largest absolute Gasteiger partial charge is 0.497 e. The molecule has 1 aliphatic rings. The van der Waals surface area contributed by atoms with Crippen molar-refractivity contribution in [1.82, 2.24) is 4.90 Å². The molecular formula is C18H24N2O. The molecular weight excluding hydrogens is 260 g/mol. The monoisotopic (exact) mass is 284 g/mol. The number of hydrogen-bond acceptors (Lipinski definition) is 3. The first-order valence-corrected chi connectivity index (χ1v) is 7.77. The van der Waals surface area contributed by atoms with Gasteiger partial charge in [0.05, 0.1) is 7.11 Å². The zero-order valence-corrected chi connectivity index (χ0v) is 12.7. The van der Waals surface area contributed by atoms with Gasteiger partial charge in [0, 0.05) is 13.1 Å². The van der Waals surface area contributed by atoms with Gasteiger partial charge in [-0.25, -0.2) is 0 Å². The molecule has 0 saturated carbocycles. The zero-order chi connectivity index (χ0) is 14.7. The lowest BCUT2D eigenvalue weighted by Crippen LogP contribution is -2.37. The fraction of sp³-hybridized carbons (Fsp3) is 0.444. The lowest BCUT2D eigenvalue weighted by molar-refractivity contribution is 0.171. The van der Waals surface area contributed by atoms with E-state index in [1.165, 1.54) is 35.7 Å². The summed E-state index contributed by atoms with van der Waals surface area (Å²) in [4.78, 5) is 2.53. The molecule has 0 amide bonds. The molecule has 0 aromatic heterocycles. The van der Waals surface area contributed by atoms with Crippen molar-refractivity contribution >= 4 is 10.8 Å². The predicted molar refractivity (Wildman–Crippen MR) is 87.6 cm³/mol. The van der Waals surface area contributed by atoms with Gasteiger partial charge in [0.2, 0.25) is 0 Å². The van der Waals surface area contributed by atoms with Crippen LogP contribution in [-0.2, 0) is 6.54 Å². The number of ether oxygens (including phenoxy) is 1. The van der Waals surface area contributed by atoms with E-state index in [1.54, 1.807) is 7.11 Å². The van der Waals surface area contributed by atoms with Gasteiger partial charge in [-0.1, -0.05) is 18.2 Å². The maximum absolute atomic E-state index is 5.82. The molecule has 1 atom stereocenters. The van der Waals surface area contributed by atoms with E-state index in [2.05, 4.69) is 35.2 Å². The van der Waals surface area contributed by atoms with Crippen molar-refractivity contribution in [2.24, 2.45) is 11.7 Å². The molecule has 3 rings (SSSR count). The molecule has 1 heterocycles. The van der Waals surface area contributed by atoms with Gasteiger partial charge in [0.15, 0.2) is 0 Å². The fourth-order valence-corrected chi connectivity index (χ4v) is 3.24. The summed E-state index contributed by atoms with van der Waals surface area (Å²) in [5, 5.41) is 2.51. The van der Waals surface area contributed by atoms with E-state index in [4.69, 9.17) is 10.5 Å². The highest BCUT2D eigenvalue weighted by molar-refractivity contribution is 5.84. The SMILES string of the molecule is COc1ccc2cc(CN3CCCC(CN)C3)ccc2c1. The van der Waals surface area contributed by atoms with Crippen LogP contribution < -0.4 is 10.5 Å². The lowest BCUT2D eigenvalue weighted by atomic mass is 9.97. The fourth-order valence-electron chi connectivity index (χ4n) is 3.24. The molecule has 2 N–H and O–H groups in total. The summed E-state index contributed by atoms with van der Waals surface area (Å²) in [5.41, 5.74) is 7.20. The molecule has 2 aromatic carbocycles. The first-order valence-electron chi connectivity index (χ1n) is 7.77. The van der Waals surface area contributed by atoms with Crippen molar-refractivity contribution in [1.29, 1.82) is 0 Å². The standard InChI is InChI=1S/C18H24N2O/c1-21-18-7-6-16-9-14(4-5-17(16)10-18)12-20-8-2-3-15(11-19)13-20/h4-7,9-10,15H,2-3,8,11-13,19H2,1H3. The number of piperidine rings is 1. The molecule has 3 heteroatoms. The Bertz CT molecular complexity index is 611. The van der Waals surface area contributed by atoms with E-state index in [0.717, 1.165) is 25.4 Å². The number of hydrogen-bond donors (Lipinski definition) is 1. The van der Waals surface area contributed by atoms with E-state index >= 15 is 0 Å². The van der Waals surface area contributed by atoms with E-state index in [0.29, 0.717) is 5.92 Å².